The Morgan fingerprint density at radius 1 is 1.24 bits per heavy atom. The van der Waals surface area contributed by atoms with E-state index < -0.39 is 0 Å². The second-order valence-corrected chi connectivity index (χ2v) is 7.31. The van der Waals surface area contributed by atoms with E-state index in [2.05, 4.69) is 25.0 Å². The molecular weight excluding hydrogens is 256 g/mol. The lowest BCUT2D eigenvalue weighted by Gasteiger charge is -2.47. The highest BCUT2D eigenvalue weighted by Crippen LogP contribution is 2.59. The minimum absolute atomic E-state index is 0.222. The lowest BCUT2D eigenvalue weighted by molar-refractivity contribution is -0.118. The summed E-state index contributed by atoms with van der Waals surface area (Å²) in [5.41, 5.74) is 6.03. The molecule has 2 unspecified atom stereocenters. The quantitative estimate of drug-likeness (QED) is 0.602. The Hall–Kier alpha value is -1.55. The molecule has 0 aromatic carbocycles. The van der Waals surface area contributed by atoms with Gasteiger partial charge in [0.25, 0.3) is 0 Å². The van der Waals surface area contributed by atoms with Crippen LogP contribution < -0.4 is 0 Å². The van der Waals surface area contributed by atoms with Gasteiger partial charge in [-0.15, -0.1) is 6.42 Å². The number of hydrogen-bond acceptors (Lipinski definition) is 1. The lowest BCUT2D eigenvalue weighted by atomic mass is 9.57. The normalized spacial score (nSPS) is 38.0. The molecule has 0 radical (unpaired) electrons. The van der Waals surface area contributed by atoms with Gasteiger partial charge in [0.2, 0.25) is 0 Å². The number of ketones is 1. The summed E-state index contributed by atoms with van der Waals surface area (Å²) in [5, 5.41) is 0. The van der Waals surface area contributed by atoms with Gasteiger partial charge in [-0.2, -0.15) is 0 Å². The Morgan fingerprint density at radius 3 is 2.90 bits per heavy atom. The Morgan fingerprint density at radius 2 is 2.10 bits per heavy atom. The Labute approximate surface area is 127 Å². The van der Waals surface area contributed by atoms with Crippen LogP contribution in [-0.4, -0.2) is 5.78 Å². The monoisotopic (exact) mass is 278 g/mol. The van der Waals surface area contributed by atoms with Crippen LogP contribution in [-0.2, 0) is 4.79 Å². The summed E-state index contributed by atoms with van der Waals surface area (Å²) in [5.74, 6) is 4.71. The summed E-state index contributed by atoms with van der Waals surface area (Å²) < 4.78 is 0. The molecule has 21 heavy (non-hydrogen) atoms. The summed E-state index contributed by atoms with van der Waals surface area (Å²) in [6, 6.07) is 0. The molecule has 0 amide bonds. The summed E-state index contributed by atoms with van der Waals surface area (Å²) in [6.45, 7) is 2.38. The maximum absolute atomic E-state index is 11.7. The largest absolute Gasteiger partial charge is 0.299 e. The first-order valence-electron chi connectivity index (χ1n) is 8.24. The highest BCUT2D eigenvalue weighted by atomic mass is 16.1. The van der Waals surface area contributed by atoms with Crippen molar-refractivity contribution in [2.24, 2.45) is 17.3 Å². The van der Waals surface area contributed by atoms with Gasteiger partial charge in [0.15, 0.2) is 0 Å². The summed E-state index contributed by atoms with van der Waals surface area (Å²) >= 11 is 0. The predicted octanol–water partition coefficient (Wildman–Crippen LogP) is 4.36. The molecule has 0 N–H and O–H groups in total. The molecule has 0 aromatic heterocycles. The van der Waals surface area contributed by atoms with Gasteiger partial charge in [0, 0.05) is 23.8 Å². The van der Waals surface area contributed by atoms with E-state index >= 15 is 0 Å². The highest BCUT2D eigenvalue weighted by molar-refractivity contribution is 5.84. The van der Waals surface area contributed by atoms with Crippen molar-refractivity contribution in [1.29, 1.82) is 0 Å². The molecule has 0 aliphatic heterocycles. The lowest BCUT2D eigenvalue weighted by Crippen LogP contribution is -2.38. The minimum atomic E-state index is 0.222. The van der Waals surface area contributed by atoms with Crippen molar-refractivity contribution in [3.05, 3.63) is 34.4 Å². The molecule has 2 fully saturated rings. The van der Waals surface area contributed by atoms with E-state index in [0.717, 1.165) is 25.7 Å². The van der Waals surface area contributed by atoms with Crippen LogP contribution in [0.5, 0.6) is 0 Å². The number of rotatable bonds is 0. The Kier molecular flexibility index (Phi) is 2.80. The van der Waals surface area contributed by atoms with E-state index in [4.69, 9.17) is 6.42 Å². The van der Waals surface area contributed by atoms with Gasteiger partial charge in [-0.3, -0.25) is 4.79 Å². The maximum Gasteiger partial charge on any atom is 0.137 e. The molecule has 0 heterocycles. The molecule has 4 rings (SSSR count). The Bertz CT molecular complexity index is 652. The van der Waals surface area contributed by atoms with Crippen LogP contribution in [0.2, 0.25) is 0 Å². The van der Waals surface area contributed by atoms with Crippen molar-refractivity contribution in [3.8, 4) is 12.3 Å². The van der Waals surface area contributed by atoms with Gasteiger partial charge in [-0.05, 0) is 55.1 Å². The number of hydrogen-bond donors (Lipinski definition) is 0. The van der Waals surface area contributed by atoms with Crippen molar-refractivity contribution in [2.75, 3.05) is 0 Å². The molecule has 1 heteroatoms. The average molecular weight is 278 g/mol. The molecule has 0 saturated heterocycles. The van der Waals surface area contributed by atoms with Gasteiger partial charge in [-0.1, -0.05) is 30.6 Å². The number of fused-ring (bicyclic) bond motifs is 4. The third-order valence-corrected chi connectivity index (χ3v) is 6.45. The minimum Gasteiger partial charge on any atom is -0.299 e. The molecule has 0 bridgehead atoms. The first-order valence-corrected chi connectivity index (χ1v) is 8.24. The van der Waals surface area contributed by atoms with Crippen molar-refractivity contribution < 1.29 is 4.79 Å². The van der Waals surface area contributed by atoms with Gasteiger partial charge >= 0.3 is 0 Å². The fraction of sp³-hybridized carbons (Fsp3) is 0.550. The molecule has 1 nitrogen and oxygen atoms in total. The number of Topliss-reactive ketones (excluding diaryl/α,β-unsaturated/α-hetero) is 1. The van der Waals surface area contributed by atoms with E-state index in [1.165, 1.54) is 24.0 Å². The summed E-state index contributed by atoms with van der Waals surface area (Å²) in [7, 11) is 0. The number of terminal acetylenes is 1. The molecule has 108 valence electrons. The van der Waals surface area contributed by atoms with Crippen molar-refractivity contribution in [2.45, 2.75) is 51.9 Å². The third kappa shape index (κ3) is 1.75. The molecule has 3 atom stereocenters. The van der Waals surface area contributed by atoms with Gasteiger partial charge in [0.05, 0.1) is 0 Å². The van der Waals surface area contributed by atoms with Crippen molar-refractivity contribution >= 4 is 5.78 Å². The SMILES string of the molecule is C#CC1=CCC2C3CC=C4CC(=O)CCC4=C3CC[C@]12C. The van der Waals surface area contributed by atoms with Crippen molar-refractivity contribution in [3.63, 3.8) is 0 Å². The second-order valence-electron chi connectivity index (χ2n) is 7.31. The van der Waals surface area contributed by atoms with E-state index in [9.17, 15) is 4.79 Å². The van der Waals surface area contributed by atoms with Crippen LogP contribution in [0.1, 0.15) is 51.9 Å². The maximum atomic E-state index is 11.7. The number of carbonyl (C=O) groups is 1. The smallest absolute Gasteiger partial charge is 0.137 e. The molecular formula is C20H22O. The zero-order valence-electron chi connectivity index (χ0n) is 12.7. The van der Waals surface area contributed by atoms with Crippen LogP contribution in [0, 0.1) is 29.6 Å². The second kappa shape index (κ2) is 4.47. The summed E-state index contributed by atoms with van der Waals surface area (Å²) in [4.78, 5) is 11.7. The van der Waals surface area contributed by atoms with E-state index in [1.54, 1.807) is 11.1 Å². The highest BCUT2D eigenvalue weighted by Gasteiger charge is 2.49. The summed E-state index contributed by atoms with van der Waals surface area (Å²) in [6.07, 6.45) is 17.4. The van der Waals surface area contributed by atoms with E-state index in [-0.39, 0.29) is 5.41 Å². The van der Waals surface area contributed by atoms with Crippen LogP contribution in [0.25, 0.3) is 0 Å². The van der Waals surface area contributed by atoms with Gasteiger partial charge in [0.1, 0.15) is 5.78 Å². The topological polar surface area (TPSA) is 17.1 Å². The van der Waals surface area contributed by atoms with Crippen LogP contribution in [0.15, 0.2) is 34.4 Å². The number of allylic oxidation sites excluding steroid dienone is 6. The van der Waals surface area contributed by atoms with Crippen LogP contribution in [0.3, 0.4) is 0 Å². The van der Waals surface area contributed by atoms with Gasteiger partial charge < -0.3 is 0 Å². The first kappa shape index (κ1) is 13.1. The predicted molar refractivity (Wildman–Crippen MR) is 84.4 cm³/mol. The van der Waals surface area contributed by atoms with Gasteiger partial charge in [-0.25, -0.2) is 0 Å². The molecule has 0 aromatic rings. The average Bonchev–Trinajstić information content (AvgIpc) is 2.83. The standard InChI is InChI=1S/C20H22O/c1-3-14-5-9-19-18-7-4-13-12-15(21)6-8-16(13)17(18)10-11-20(14,19)2/h1,4-5,18-19H,6-12H2,2H3/t18?,19?,20-/m1/s1. The zero-order valence-corrected chi connectivity index (χ0v) is 12.7. The Balaban J connectivity index is 1.71. The van der Waals surface area contributed by atoms with E-state index in [1.807, 2.05) is 0 Å². The first-order chi connectivity index (χ1) is 10.1. The molecule has 4 aliphatic rings. The fourth-order valence-electron chi connectivity index (χ4n) is 5.26. The number of carbonyl (C=O) groups excluding carboxylic acids is 1. The molecule has 2 saturated carbocycles. The molecule has 0 spiro atoms. The molecule has 4 aliphatic carbocycles. The fourth-order valence-corrected chi connectivity index (χ4v) is 5.26. The third-order valence-electron chi connectivity index (χ3n) is 6.45. The zero-order chi connectivity index (χ0) is 14.6. The van der Waals surface area contributed by atoms with E-state index in [0.29, 0.717) is 24.0 Å². The van der Waals surface area contributed by atoms with Crippen molar-refractivity contribution in [1.82, 2.24) is 0 Å². The van der Waals surface area contributed by atoms with Crippen LogP contribution in [0.4, 0.5) is 0 Å². The van der Waals surface area contributed by atoms with Crippen LogP contribution >= 0.6 is 0 Å².